The van der Waals surface area contributed by atoms with Crippen LogP contribution in [0.5, 0.6) is 5.75 Å². The van der Waals surface area contributed by atoms with E-state index in [1.807, 2.05) is 19.1 Å². The van der Waals surface area contributed by atoms with E-state index in [-0.39, 0.29) is 6.04 Å². The van der Waals surface area contributed by atoms with Crippen LogP contribution in [-0.2, 0) is 0 Å². The van der Waals surface area contributed by atoms with E-state index < -0.39 is 0 Å². The molecule has 0 bridgehead atoms. The summed E-state index contributed by atoms with van der Waals surface area (Å²) in [6.07, 6.45) is 1.78. The molecule has 2 heterocycles. The van der Waals surface area contributed by atoms with E-state index in [0.29, 0.717) is 0 Å². The Morgan fingerprint density at radius 3 is 2.72 bits per heavy atom. The summed E-state index contributed by atoms with van der Waals surface area (Å²) in [6.45, 7) is 5.46. The summed E-state index contributed by atoms with van der Waals surface area (Å²) in [5.41, 5.74) is 0. The summed E-state index contributed by atoms with van der Waals surface area (Å²) in [6, 6.07) is 6.06. The molecule has 1 aliphatic rings. The van der Waals surface area contributed by atoms with Crippen LogP contribution in [0.25, 0.3) is 0 Å². The van der Waals surface area contributed by atoms with Crippen LogP contribution >= 0.6 is 0 Å². The second-order valence-corrected chi connectivity index (χ2v) is 4.36. The van der Waals surface area contributed by atoms with Gasteiger partial charge in [-0.2, -0.15) is 5.26 Å². The minimum atomic E-state index is -0.0159. The van der Waals surface area contributed by atoms with Gasteiger partial charge in [0.25, 0.3) is 0 Å². The Morgan fingerprint density at radius 1 is 1.39 bits per heavy atom. The van der Waals surface area contributed by atoms with Gasteiger partial charge in [0.15, 0.2) is 11.6 Å². The van der Waals surface area contributed by atoms with Gasteiger partial charge in [-0.05, 0) is 19.1 Å². The number of nitriles is 1. The van der Waals surface area contributed by atoms with Gasteiger partial charge in [0.2, 0.25) is 0 Å². The lowest BCUT2D eigenvalue weighted by Crippen LogP contribution is -2.49. The van der Waals surface area contributed by atoms with Crippen molar-refractivity contribution in [2.24, 2.45) is 0 Å². The fourth-order valence-corrected chi connectivity index (χ4v) is 2.18. The van der Waals surface area contributed by atoms with Crippen LogP contribution in [0.2, 0.25) is 0 Å². The number of aromatic nitrogens is 1. The van der Waals surface area contributed by atoms with E-state index >= 15 is 0 Å². The Bertz CT molecular complexity index is 435. The summed E-state index contributed by atoms with van der Waals surface area (Å²) >= 11 is 0. The first-order valence-electron chi connectivity index (χ1n) is 6.14. The second-order valence-electron chi connectivity index (χ2n) is 4.36. The molecule has 1 aromatic rings. The van der Waals surface area contributed by atoms with Crippen molar-refractivity contribution in [1.82, 2.24) is 9.88 Å². The summed E-state index contributed by atoms with van der Waals surface area (Å²) in [5.74, 6) is 1.70. The van der Waals surface area contributed by atoms with Crippen molar-refractivity contribution >= 4 is 5.82 Å². The molecule has 1 unspecified atom stereocenters. The molecule has 0 N–H and O–H groups in total. The first-order chi connectivity index (χ1) is 8.76. The van der Waals surface area contributed by atoms with Crippen LogP contribution in [0.4, 0.5) is 5.82 Å². The van der Waals surface area contributed by atoms with Crippen molar-refractivity contribution in [3.05, 3.63) is 18.3 Å². The largest absolute Gasteiger partial charge is 0.493 e. The number of ether oxygens (including phenoxy) is 1. The lowest BCUT2D eigenvalue weighted by atomic mass is 10.2. The highest BCUT2D eigenvalue weighted by molar-refractivity contribution is 5.52. The number of hydrogen-bond donors (Lipinski definition) is 0. The highest BCUT2D eigenvalue weighted by Gasteiger charge is 2.23. The molecule has 0 spiro atoms. The molecule has 0 amide bonds. The Kier molecular flexibility index (Phi) is 4.00. The van der Waals surface area contributed by atoms with Crippen molar-refractivity contribution < 1.29 is 4.74 Å². The van der Waals surface area contributed by atoms with Gasteiger partial charge in [0, 0.05) is 32.4 Å². The molecule has 1 aromatic heterocycles. The molecule has 5 nitrogen and oxygen atoms in total. The zero-order valence-electron chi connectivity index (χ0n) is 10.8. The number of rotatable bonds is 3. The standard InChI is InChI=1S/C13H18N4O/c1-11(10-14)16-6-8-17(9-7-16)13-12(18-2)4-3-5-15-13/h3-5,11H,6-9H2,1-2H3. The Morgan fingerprint density at radius 2 is 2.11 bits per heavy atom. The van der Waals surface area contributed by atoms with Crippen molar-refractivity contribution in [2.75, 3.05) is 38.2 Å². The lowest BCUT2D eigenvalue weighted by Gasteiger charge is -2.36. The van der Waals surface area contributed by atoms with Gasteiger partial charge in [-0.1, -0.05) is 0 Å². The Labute approximate surface area is 108 Å². The number of pyridine rings is 1. The van der Waals surface area contributed by atoms with E-state index in [0.717, 1.165) is 37.7 Å². The van der Waals surface area contributed by atoms with Gasteiger partial charge >= 0.3 is 0 Å². The summed E-state index contributed by atoms with van der Waals surface area (Å²) < 4.78 is 5.32. The predicted octanol–water partition coefficient (Wildman–Crippen LogP) is 1.12. The number of methoxy groups -OCH3 is 1. The van der Waals surface area contributed by atoms with E-state index in [1.54, 1.807) is 13.3 Å². The molecule has 0 saturated carbocycles. The smallest absolute Gasteiger partial charge is 0.171 e. The maximum absolute atomic E-state index is 8.91. The number of piperazine rings is 1. The fourth-order valence-electron chi connectivity index (χ4n) is 2.18. The van der Waals surface area contributed by atoms with Gasteiger partial charge in [-0.3, -0.25) is 4.90 Å². The number of nitrogens with zero attached hydrogens (tertiary/aromatic N) is 4. The van der Waals surface area contributed by atoms with Crippen LogP contribution in [0.15, 0.2) is 18.3 Å². The average Bonchev–Trinajstić information content (AvgIpc) is 2.46. The molecular weight excluding hydrogens is 228 g/mol. The molecule has 0 aliphatic carbocycles. The molecule has 1 aliphatic heterocycles. The Hall–Kier alpha value is -1.80. The highest BCUT2D eigenvalue weighted by atomic mass is 16.5. The monoisotopic (exact) mass is 246 g/mol. The maximum Gasteiger partial charge on any atom is 0.171 e. The third-order valence-electron chi connectivity index (χ3n) is 3.32. The second kappa shape index (κ2) is 5.69. The molecule has 1 fully saturated rings. The van der Waals surface area contributed by atoms with Gasteiger partial charge in [0.05, 0.1) is 19.2 Å². The van der Waals surface area contributed by atoms with Gasteiger partial charge < -0.3 is 9.64 Å². The number of hydrogen-bond acceptors (Lipinski definition) is 5. The van der Waals surface area contributed by atoms with Crippen LogP contribution in [0, 0.1) is 11.3 Å². The minimum absolute atomic E-state index is 0.0159. The van der Waals surface area contributed by atoms with Crippen molar-refractivity contribution in [3.8, 4) is 11.8 Å². The van der Waals surface area contributed by atoms with Gasteiger partial charge in [0.1, 0.15) is 0 Å². The molecule has 1 saturated heterocycles. The zero-order valence-corrected chi connectivity index (χ0v) is 10.8. The van der Waals surface area contributed by atoms with Gasteiger partial charge in [-0.15, -0.1) is 0 Å². The molecule has 18 heavy (non-hydrogen) atoms. The van der Waals surface area contributed by atoms with Crippen LogP contribution in [-0.4, -0.2) is 49.2 Å². The predicted molar refractivity (Wildman–Crippen MR) is 69.7 cm³/mol. The van der Waals surface area contributed by atoms with E-state index in [2.05, 4.69) is 20.9 Å². The normalized spacial score (nSPS) is 18.2. The topological polar surface area (TPSA) is 52.4 Å². The summed E-state index contributed by atoms with van der Waals surface area (Å²) in [5, 5.41) is 8.91. The van der Waals surface area contributed by atoms with Crippen molar-refractivity contribution in [1.29, 1.82) is 5.26 Å². The maximum atomic E-state index is 8.91. The quantitative estimate of drug-likeness (QED) is 0.800. The van der Waals surface area contributed by atoms with Crippen LogP contribution in [0.3, 0.4) is 0 Å². The van der Waals surface area contributed by atoms with Gasteiger partial charge in [-0.25, -0.2) is 4.98 Å². The minimum Gasteiger partial charge on any atom is -0.493 e. The number of anilines is 1. The SMILES string of the molecule is COc1cccnc1N1CCN(C(C)C#N)CC1. The molecule has 2 rings (SSSR count). The van der Waals surface area contributed by atoms with E-state index in [9.17, 15) is 0 Å². The van der Waals surface area contributed by atoms with E-state index in [1.165, 1.54) is 0 Å². The summed E-state index contributed by atoms with van der Waals surface area (Å²) in [4.78, 5) is 8.77. The third kappa shape index (κ3) is 2.54. The average molecular weight is 246 g/mol. The van der Waals surface area contributed by atoms with Crippen LogP contribution in [0.1, 0.15) is 6.92 Å². The third-order valence-corrected chi connectivity index (χ3v) is 3.32. The molecule has 96 valence electrons. The first-order valence-corrected chi connectivity index (χ1v) is 6.14. The van der Waals surface area contributed by atoms with Crippen molar-refractivity contribution in [2.45, 2.75) is 13.0 Å². The van der Waals surface area contributed by atoms with Crippen LogP contribution < -0.4 is 9.64 Å². The summed E-state index contributed by atoms with van der Waals surface area (Å²) in [7, 11) is 1.66. The van der Waals surface area contributed by atoms with E-state index in [4.69, 9.17) is 10.00 Å². The Balaban J connectivity index is 2.04. The molecule has 0 radical (unpaired) electrons. The zero-order chi connectivity index (χ0) is 13.0. The molecule has 0 aromatic carbocycles. The molecular formula is C13H18N4O. The molecule has 1 atom stereocenters. The fraction of sp³-hybridized carbons (Fsp3) is 0.538. The lowest BCUT2D eigenvalue weighted by molar-refractivity contribution is 0.230. The molecule has 5 heteroatoms. The highest BCUT2D eigenvalue weighted by Crippen LogP contribution is 2.25. The van der Waals surface area contributed by atoms with Crippen molar-refractivity contribution in [3.63, 3.8) is 0 Å². The first kappa shape index (κ1) is 12.7.